The zero-order valence-corrected chi connectivity index (χ0v) is 20.2. The van der Waals surface area contributed by atoms with E-state index in [0.717, 1.165) is 18.2 Å². The summed E-state index contributed by atoms with van der Waals surface area (Å²) in [5.41, 5.74) is 0.332. The largest absolute Gasteiger partial charge is 0.465 e. The van der Waals surface area contributed by atoms with Crippen molar-refractivity contribution in [1.82, 2.24) is 15.0 Å². The number of hydrogen-bond acceptors (Lipinski definition) is 3. The summed E-state index contributed by atoms with van der Waals surface area (Å²) in [6, 6.07) is 10.6. The van der Waals surface area contributed by atoms with Gasteiger partial charge in [0.15, 0.2) is 0 Å². The highest BCUT2D eigenvalue weighted by Gasteiger charge is 2.37. The molecule has 1 N–H and O–H groups in total. The van der Waals surface area contributed by atoms with Crippen molar-refractivity contribution < 1.29 is 22.3 Å². The summed E-state index contributed by atoms with van der Waals surface area (Å²) in [4.78, 5) is 12.1. The number of aromatic amines is 1. The summed E-state index contributed by atoms with van der Waals surface area (Å²) >= 11 is 12.3. The molecule has 0 bridgehead atoms. The lowest BCUT2D eigenvalue weighted by Crippen LogP contribution is -2.30. The molecule has 0 saturated heterocycles. The van der Waals surface area contributed by atoms with Gasteiger partial charge in [0.1, 0.15) is 28.6 Å². The van der Waals surface area contributed by atoms with E-state index >= 15 is 0 Å². The van der Waals surface area contributed by atoms with Gasteiger partial charge in [-0.05, 0) is 62.2 Å². The maximum Gasteiger partial charge on any atom is 0.416 e. The highest BCUT2D eigenvalue weighted by Crippen LogP contribution is 2.44. The highest BCUT2D eigenvalue weighted by molar-refractivity contribution is 6.33. The average molecular weight is 532 g/mol. The summed E-state index contributed by atoms with van der Waals surface area (Å²) < 4.78 is 59.7. The zero-order valence-electron chi connectivity index (χ0n) is 18.7. The predicted octanol–water partition coefficient (Wildman–Crippen LogP) is 7.63. The molecule has 1 aliphatic rings. The summed E-state index contributed by atoms with van der Waals surface area (Å²) in [6.07, 6.45) is -4.52. The van der Waals surface area contributed by atoms with Crippen LogP contribution in [-0.4, -0.2) is 15.0 Å². The van der Waals surface area contributed by atoms with Crippen LogP contribution in [0.5, 0.6) is 5.88 Å². The quantitative estimate of drug-likeness (QED) is 0.203. The summed E-state index contributed by atoms with van der Waals surface area (Å²) in [7, 11) is 0. The fourth-order valence-electron chi connectivity index (χ4n) is 3.84. The van der Waals surface area contributed by atoms with Gasteiger partial charge in [-0.2, -0.15) is 13.2 Å². The molecule has 5 rings (SSSR count). The van der Waals surface area contributed by atoms with Crippen molar-refractivity contribution >= 4 is 23.2 Å². The second-order valence-corrected chi connectivity index (χ2v) is 9.32. The SMILES string of the molecule is CC1(C)Oc2nc(C#Cc3cc(C(F)(F)F)ccc3Cl)ccc2-c2nc(-c3c(F)cccc3Cl)[nH]c21. The van der Waals surface area contributed by atoms with Crippen molar-refractivity contribution in [3.8, 4) is 40.4 Å². The first-order valence-electron chi connectivity index (χ1n) is 10.6. The lowest BCUT2D eigenvalue weighted by atomic mass is 9.96. The van der Waals surface area contributed by atoms with Crippen LogP contribution in [0.15, 0.2) is 48.5 Å². The van der Waals surface area contributed by atoms with Gasteiger partial charge in [-0.25, -0.2) is 14.4 Å². The monoisotopic (exact) mass is 531 g/mol. The Kier molecular flexibility index (Phi) is 5.73. The lowest BCUT2D eigenvalue weighted by Gasteiger charge is -2.30. The second-order valence-electron chi connectivity index (χ2n) is 8.51. The summed E-state index contributed by atoms with van der Waals surface area (Å²) in [6.45, 7) is 3.59. The third-order valence-electron chi connectivity index (χ3n) is 5.59. The van der Waals surface area contributed by atoms with E-state index in [1.807, 2.05) is 0 Å². The molecule has 36 heavy (non-hydrogen) atoms. The van der Waals surface area contributed by atoms with Gasteiger partial charge in [0, 0.05) is 5.56 Å². The summed E-state index contributed by atoms with van der Waals surface area (Å²) in [5.74, 6) is 5.34. The maximum atomic E-state index is 14.5. The number of alkyl halides is 3. The van der Waals surface area contributed by atoms with E-state index in [2.05, 4.69) is 26.8 Å². The fraction of sp³-hybridized carbons (Fsp3) is 0.154. The zero-order chi connectivity index (χ0) is 25.8. The number of rotatable bonds is 1. The topological polar surface area (TPSA) is 50.8 Å². The molecule has 0 amide bonds. The Labute approximate surface area is 213 Å². The van der Waals surface area contributed by atoms with E-state index in [1.54, 1.807) is 32.0 Å². The average Bonchev–Trinajstić information content (AvgIpc) is 3.23. The third kappa shape index (κ3) is 4.29. The van der Waals surface area contributed by atoms with Crippen molar-refractivity contribution in [3.05, 3.63) is 86.9 Å². The Balaban J connectivity index is 1.55. The van der Waals surface area contributed by atoms with Gasteiger partial charge in [-0.1, -0.05) is 35.2 Å². The first-order chi connectivity index (χ1) is 16.9. The van der Waals surface area contributed by atoms with E-state index in [1.165, 1.54) is 12.1 Å². The van der Waals surface area contributed by atoms with Crippen LogP contribution in [0.2, 0.25) is 10.0 Å². The van der Waals surface area contributed by atoms with E-state index < -0.39 is 23.2 Å². The number of benzene rings is 2. The van der Waals surface area contributed by atoms with E-state index in [0.29, 0.717) is 17.0 Å². The van der Waals surface area contributed by atoms with Crippen molar-refractivity contribution in [3.63, 3.8) is 0 Å². The van der Waals surface area contributed by atoms with Crippen molar-refractivity contribution in [2.45, 2.75) is 25.6 Å². The van der Waals surface area contributed by atoms with E-state index in [4.69, 9.17) is 27.9 Å². The molecule has 0 atom stereocenters. The minimum Gasteiger partial charge on any atom is -0.465 e. The number of ether oxygens (including phenoxy) is 1. The number of imidazole rings is 1. The van der Waals surface area contributed by atoms with Crippen molar-refractivity contribution in [1.29, 1.82) is 0 Å². The Hall–Kier alpha value is -3.54. The molecule has 4 nitrogen and oxygen atoms in total. The number of nitrogens with one attached hydrogen (secondary N) is 1. The summed E-state index contributed by atoms with van der Waals surface area (Å²) in [5, 5.41) is 0.295. The van der Waals surface area contributed by atoms with Crippen LogP contribution in [0.3, 0.4) is 0 Å². The first kappa shape index (κ1) is 24.2. The Morgan fingerprint density at radius 2 is 1.75 bits per heavy atom. The number of nitrogens with zero attached hydrogens (tertiary/aromatic N) is 2. The van der Waals surface area contributed by atoms with Gasteiger partial charge < -0.3 is 9.72 Å². The van der Waals surface area contributed by atoms with Gasteiger partial charge in [0.25, 0.3) is 0 Å². The van der Waals surface area contributed by atoms with Crippen LogP contribution >= 0.6 is 23.2 Å². The molecule has 0 saturated carbocycles. The Morgan fingerprint density at radius 1 is 0.972 bits per heavy atom. The Bertz CT molecular complexity index is 1560. The molecule has 2 aromatic carbocycles. The second kappa shape index (κ2) is 8.54. The van der Waals surface area contributed by atoms with E-state index in [9.17, 15) is 17.6 Å². The van der Waals surface area contributed by atoms with Crippen molar-refractivity contribution in [2.24, 2.45) is 0 Å². The molecule has 0 unspecified atom stereocenters. The Morgan fingerprint density at radius 3 is 2.47 bits per heavy atom. The van der Waals surface area contributed by atoms with Crippen LogP contribution in [0, 0.1) is 17.7 Å². The number of H-pyrrole nitrogens is 1. The molecule has 0 fully saturated rings. The molecular formula is C26H15Cl2F4N3O. The van der Waals surface area contributed by atoms with Crippen LogP contribution in [0.1, 0.15) is 36.4 Å². The van der Waals surface area contributed by atoms with Gasteiger partial charge in [0.05, 0.1) is 32.4 Å². The molecule has 0 aliphatic carbocycles. The minimum atomic E-state index is -4.52. The molecule has 0 radical (unpaired) electrons. The molecule has 3 heterocycles. The normalized spacial score (nSPS) is 13.8. The molecule has 182 valence electrons. The number of fused-ring (bicyclic) bond motifs is 3. The smallest absolute Gasteiger partial charge is 0.416 e. The predicted molar refractivity (Wildman–Crippen MR) is 128 cm³/mol. The number of aromatic nitrogens is 3. The van der Waals surface area contributed by atoms with Crippen LogP contribution in [-0.2, 0) is 11.8 Å². The third-order valence-corrected chi connectivity index (χ3v) is 6.24. The molecule has 1 aliphatic heterocycles. The lowest BCUT2D eigenvalue weighted by molar-refractivity contribution is -0.137. The van der Waals surface area contributed by atoms with Crippen LogP contribution in [0.25, 0.3) is 22.6 Å². The van der Waals surface area contributed by atoms with Gasteiger partial charge in [-0.15, -0.1) is 0 Å². The molecule has 2 aromatic heterocycles. The number of hydrogen-bond donors (Lipinski definition) is 1. The van der Waals surface area contributed by atoms with Crippen LogP contribution in [0.4, 0.5) is 17.6 Å². The van der Waals surface area contributed by atoms with Gasteiger partial charge in [0.2, 0.25) is 5.88 Å². The minimum absolute atomic E-state index is 0.0215. The number of pyridine rings is 1. The van der Waals surface area contributed by atoms with Gasteiger partial charge >= 0.3 is 6.18 Å². The molecule has 0 spiro atoms. The molecular weight excluding hydrogens is 517 g/mol. The standard InChI is InChI=1S/C26H15Cl2F4N3O/c1-25(2)22-21(34-23(35-22)20-18(28)4-3-5-19(20)29)16-10-9-15(33-24(16)36-25)8-6-13-12-14(26(30,31)32)7-11-17(13)27/h3-5,7,9-12H,1-2H3,(H,34,35). The molecule has 10 heteroatoms. The van der Waals surface area contributed by atoms with Crippen LogP contribution < -0.4 is 4.74 Å². The van der Waals surface area contributed by atoms with E-state index in [-0.39, 0.29) is 38.6 Å². The molecule has 4 aromatic rings. The van der Waals surface area contributed by atoms with Gasteiger partial charge in [-0.3, -0.25) is 0 Å². The number of halogens is 6. The maximum absolute atomic E-state index is 14.5. The first-order valence-corrected chi connectivity index (χ1v) is 11.3. The highest BCUT2D eigenvalue weighted by atomic mass is 35.5. The van der Waals surface area contributed by atoms with Crippen molar-refractivity contribution in [2.75, 3.05) is 0 Å². The fourth-order valence-corrected chi connectivity index (χ4v) is 4.25.